The molecule has 0 spiro atoms. The molecule has 0 aliphatic carbocycles. The van der Waals surface area contributed by atoms with Crippen molar-refractivity contribution in [3.63, 3.8) is 0 Å². The number of imidazole rings is 1. The van der Waals surface area contributed by atoms with Gasteiger partial charge in [-0.15, -0.1) is 0 Å². The van der Waals surface area contributed by atoms with Gasteiger partial charge in [0.05, 0.1) is 11.2 Å². The van der Waals surface area contributed by atoms with Gasteiger partial charge in [-0.05, 0) is 18.9 Å². The molecule has 1 N–H and O–H groups in total. The van der Waals surface area contributed by atoms with E-state index in [0.717, 1.165) is 47.5 Å². The standard InChI is InChI=1S/C24H25N5O/c1-28-15-13-25-23(28)22(30)18-10-7-14-29(16-18)24-26-20-12-6-5-11-19(20)21(27-24)17-8-3-2-4-9-17/h2-6,8-9,11-13,15,18,22,30H,7,10,14,16H2,1H3. The van der Waals surface area contributed by atoms with Gasteiger partial charge in [-0.1, -0.05) is 48.5 Å². The Morgan fingerprint density at radius 1 is 1.03 bits per heavy atom. The van der Waals surface area contributed by atoms with Crippen LogP contribution >= 0.6 is 0 Å². The van der Waals surface area contributed by atoms with Gasteiger partial charge in [0.15, 0.2) is 0 Å². The number of benzene rings is 2. The van der Waals surface area contributed by atoms with Gasteiger partial charge in [-0.3, -0.25) is 0 Å². The summed E-state index contributed by atoms with van der Waals surface area (Å²) in [5.74, 6) is 1.53. The van der Waals surface area contributed by atoms with E-state index >= 15 is 0 Å². The molecular weight excluding hydrogens is 374 g/mol. The summed E-state index contributed by atoms with van der Waals surface area (Å²) in [5, 5.41) is 12.0. The Balaban J connectivity index is 1.51. The molecule has 4 aromatic rings. The average molecular weight is 399 g/mol. The molecule has 0 amide bonds. The van der Waals surface area contributed by atoms with E-state index in [4.69, 9.17) is 9.97 Å². The van der Waals surface area contributed by atoms with Crippen LogP contribution in [0.5, 0.6) is 0 Å². The zero-order valence-electron chi connectivity index (χ0n) is 17.0. The maximum atomic E-state index is 10.9. The quantitative estimate of drug-likeness (QED) is 0.562. The molecule has 2 atom stereocenters. The Morgan fingerprint density at radius 2 is 1.83 bits per heavy atom. The Morgan fingerprint density at radius 3 is 2.63 bits per heavy atom. The molecule has 6 nitrogen and oxygen atoms in total. The minimum absolute atomic E-state index is 0.0927. The third kappa shape index (κ3) is 3.44. The van der Waals surface area contributed by atoms with Gasteiger partial charge in [-0.25, -0.2) is 15.0 Å². The van der Waals surface area contributed by atoms with E-state index in [9.17, 15) is 5.11 Å². The Bertz CT molecular complexity index is 1160. The molecule has 0 radical (unpaired) electrons. The van der Waals surface area contributed by atoms with E-state index in [1.54, 1.807) is 6.20 Å². The second-order valence-electron chi connectivity index (χ2n) is 7.94. The number of fused-ring (bicyclic) bond motifs is 1. The summed E-state index contributed by atoms with van der Waals surface area (Å²) in [6.45, 7) is 1.59. The summed E-state index contributed by atoms with van der Waals surface area (Å²) in [6.07, 6.45) is 4.96. The van der Waals surface area contributed by atoms with Crippen molar-refractivity contribution in [3.05, 3.63) is 72.8 Å². The fourth-order valence-electron chi connectivity index (χ4n) is 4.34. The van der Waals surface area contributed by atoms with Crippen LogP contribution in [0.4, 0.5) is 5.95 Å². The number of para-hydroxylation sites is 1. The van der Waals surface area contributed by atoms with Crippen LogP contribution in [-0.2, 0) is 7.05 Å². The highest BCUT2D eigenvalue weighted by molar-refractivity contribution is 5.93. The molecule has 2 unspecified atom stereocenters. The van der Waals surface area contributed by atoms with Gasteiger partial charge < -0.3 is 14.6 Å². The van der Waals surface area contributed by atoms with Crippen molar-refractivity contribution in [3.8, 4) is 11.3 Å². The molecule has 0 bridgehead atoms. The van der Waals surface area contributed by atoms with Crippen molar-refractivity contribution in [1.29, 1.82) is 0 Å². The average Bonchev–Trinajstić information content (AvgIpc) is 3.24. The molecule has 152 valence electrons. The minimum atomic E-state index is -0.596. The van der Waals surface area contributed by atoms with Crippen LogP contribution in [0.3, 0.4) is 0 Å². The van der Waals surface area contributed by atoms with E-state index in [1.165, 1.54) is 0 Å². The third-order valence-corrected chi connectivity index (χ3v) is 5.95. The molecule has 30 heavy (non-hydrogen) atoms. The summed E-state index contributed by atoms with van der Waals surface area (Å²) in [4.78, 5) is 16.4. The van der Waals surface area contributed by atoms with Gasteiger partial charge in [0, 0.05) is 49.4 Å². The van der Waals surface area contributed by atoms with Crippen molar-refractivity contribution < 1.29 is 5.11 Å². The highest BCUT2D eigenvalue weighted by Crippen LogP contribution is 2.33. The number of hydrogen-bond donors (Lipinski definition) is 1. The number of anilines is 1. The van der Waals surface area contributed by atoms with E-state index in [1.807, 2.05) is 54.2 Å². The van der Waals surface area contributed by atoms with E-state index < -0.39 is 6.10 Å². The van der Waals surface area contributed by atoms with Crippen LogP contribution in [0, 0.1) is 5.92 Å². The highest BCUT2D eigenvalue weighted by atomic mass is 16.3. The highest BCUT2D eigenvalue weighted by Gasteiger charge is 2.30. The zero-order valence-corrected chi connectivity index (χ0v) is 17.0. The van der Waals surface area contributed by atoms with Crippen molar-refractivity contribution in [2.75, 3.05) is 18.0 Å². The number of piperidine rings is 1. The van der Waals surface area contributed by atoms with Crippen molar-refractivity contribution in [2.24, 2.45) is 13.0 Å². The predicted octanol–water partition coefficient (Wildman–Crippen LogP) is 3.98. The molecule has 1 saturated heterocycles. The Kier molecular flexibility index (Phi) is 4.93. The van der Waals surface area contributed by atoms with Crippen molar-refractivity contribution in [1.82, 2.24) is 19.5 Å². The molecule has 6 heteroatoms. The van der Waals surface area contributed by atoms with E-state index in [2.05, 4.69) is 28.1 Å². The molecule has 2 aromatic heterocycles. The summed E-state index contributed by atoms with van der Waals surface area (Å²) in [6, 6.07) is 18.4. The van der Waals surface area contributed by atoms with Gasteiger partial charge in [-0.2, -0.15) is 0 Å². The number of aryl methyl sites for hydroxylation is 1. The fraction of sp³-hybridized carbons (Fsp3) is 0.292. The summed E-state index contributed by atoms with van der Waals surface area (Å²) >= 11 is 0. The van der Waals surface area contributed by atoms with Gasteiger partial charge in [0.25, 0.3) is 0 Å². The number of aliphatic hydroxyl groups excluding tert-OH is 1. The molecule has 1 aliphatic rings. The second-order valence-corrected chi connectivity index (χ2v) is 7.94. The first-order valence-electron chi connectivity index (χ1n) is 10.4. The summed E-state index contributed by atoms with van der Waals surface area (Å²) in [5.41, 5.74) is 2.97. The first-order valence-corrected chi connectivity index (χ1v) is 10.4. The fourth-order valence-corrected chi connectivity index (χ4v) is 4.34. The second kappa shape index (κ2) is 7.88. The zero-order chi connectivity index (χ0) is 20.5. The SMILES string of the molecule is Cn1ccnc1C(O)C1CCCN(c2nc(-c3ccccc3)c3ccccc3n2)C1. The maximum Gasteiger partial charge on any atom is 0.226 e. The monoisotopic (exact) mass is 399 g/mol. The molecule has 1 fully saturated rings. The molecule has 2 aromatic carbocycles. The smallest absolute Gasteiger partial charge is 0.226 e. The topological polar surface area (TPSA) is 67.1 Å². The van der Waals surface area contributed by atoms with Gasteiger partial charge in [0.2, 0.25) is 5.95 Å². The lowest BCUT2D eigenvalue weighted by atomic mass is 9.92. The predicted molar refractivity (Wildman–Crippen MR) is 118 cm³/mol. The number of nitrogens with zero attached hydrogens (tertiary/aromatic N) is 5. The Labute approximate surface area is 175 Å². The summed E-state index contributed by atoms with van der Waals surface area (Å²) < 4.78 is 1.89. The first-order chi connectivity index (χ1) is 14.7. The van der Waals surface area contributed by atoms with Crippen LogP contribution < -0.4 is 4.90 Å². The number of aromatic nitrogens is 4. The lowest BCUT2D eigenvalue weighted by Gasteiger charge is -2.35. The van der Waals surface area contributed by atoms with Crippen LogP contribution in [0.2, 0.25) is 0 Å². The minimum Gasteiger partial charge on any atom is -0.385 e. The number of hydrogen-bond acceptors (Lipinski definition) is 5. The largest absolute Gasteiger partial charge is 0.385 e. The van der Waals surface area contributed by atoms with Crippen LogP contribution in [-0.4, -0.2) is 37.7 Å². The molecule has 1 aliphatic heterocycles. The third-order valence-electron chi connectivity index (χ3n) is 5.95. The molecular formula is C24H25N5O. The Hall–Kier alpha value is -3.25. The lowest BCUT2D eigenvalue weighted by Crippen LogP contribution is -2.39. The van der Waals surface area contributed by atoms with Crippen LogP contribution in [0.15, 0.2) is 67.0 Å². The van der Waals surface area contributed by atoms with Gasteiger partial charge in [0.1, 0.15) is 11.9 Å². The number of aliphatic hydroxyl groups is 1. The van der Waals surface area contributed by atoms with Crippen LogP contribution in [0.1, 0.15) is 24.8 Å². The van der Waals surface area contributed by atoms with Crippen molar-refractivity contribution in [2.45, 2.75) is 18.9 Å². The van der Waals surface area contributed by atoms with Gasteiger partial charge >= 0.3 is 0 Å². The maximum absolute atomic E-state index is 10.9. The molecule has 3 heterocycles. The lowest BCUT2D eigenvalue weighted by molar-refractivity contribution is 0.0872. The molecule has 5 rings (SSSR count). The van der Waals surface area contributed by atoms with Crippen LogP contribution in [0.25, 0.3) is 22.2 Å². The summed E-state index contributed by atoms with van der Waals surface area (Å²) in [7, 11) is 1.92. The number of rotatable bonds is 4. The van der Waals surface area contributed by atoms with E-state index in [-0.39, 0.29) is 5.92 Å². The first kappa shape index (κ1) is 18.8. The van der Waals surface area contributed by atoms with E-state index in [0.29, 0.717) is 12.4 Å². The molecule has 0 saturated carbocycles. The van der Waals surface area contributed by atoms with Crippen molar-refractivity contribution >= 4 is 16.9 Å². The normalized spacial score (nSPS) is 17.9.